The molecule has 5 nitrogen and oxygen atoms in total. The van der Waals surface area contributed by atoms with Crippen molar-refractivity contribution in [2.45, 2.75) is 57.8 Å². The maximum absolute atomic E-state index is 13.0. The van der Waals surface area contributed by atoms with Crippen molar-refractivity contribution in [3.8, 4) is 0 Å². The van der Waals surface area contributed by atoms with Crippen LogP contribution in [0.4, 0.5) is 10.5 Å². The van der Waals surface area contributed by atoms with Crippen LogP contribution in [0, 0.1) is 0 Å². The monoisotopic (exact) mass is 378 g/mol. The number of para-hydroxylation sites is 1. The zero-order valence-electron chi connectivity index (χ0n) is 17.0. The minimum Gasteiger partial charge on any atom is -0.437 e. The third-order valence-corrected chi connectivity index (χ3v) is 5.60. The molecule has 0 aromatic heterocycles. The second kappa shape index (κ2) is 6.09. The number of hydrogen-bond donors (Lipinski definition) is 0. The van der Waals surface area contributed by atoms with E-state index in [2.05, 4.69) is 32.0 Å². The highest BCUT2D eigenvalue weighted by molar-refractivity contribution is 6.04. The summed E-state index contributed by atoms with van der Waals surface area (Å²) in [4.78, 5) is 20.8. The Morgan fingerprint density at radius 1 is 1.00 bits per heavy atom. The van der Waals surface area contributed by atoms with E-state index < -0.39 is 17.4 Å². The summed E-state index contributed by atoms with van der Waals surface area (Å²) < 4.78 is 5.79. The van der Waals surface area contributed by atoms with Gasteiger partial charge in [0.05, 0.1) is 17.8 Å². The molecule has 1 atom stereocenters. The molecule has 0 bridgehead atoms. The first-order valence-electron chi connectivity index (χ1n) is 9.59. The van der Waals surface area contributed by atoms with Crippen LogP contribution in [0.2, 0.25) is 0 Å². The Kier molecular flexibility index (Phi) is 4.03. The number of carbonyl (C=O) groups excluding carboxylic acids is 1. The van der Waals surface area contributed by atoms with Crippen molar-refractivity contribution in [1.29, 1.82) is 0 Å². The van der Waals surface area contributed by atoms with Crippen LogP contribution in [0.5, 0.6) is 0 Å². The van der Waals surface area contributed by atoms with Gasteiger partial charge in [0.2, 0.25) is 0 Å². The Morgan fingerprint density at radius 3 is 2.32 bits per heavy atom. The maximum atomic E-state index is 13.0. The van der Waals surface area contributed by atoms with Crippen LogP contribution in [-0.4, -0.2) is 23.1 Å². The lowest BCUT2D eigenvalue weighted by molar-refractivity contribution is -0.111. The summed E-state index contributed by atoms with van der Waals surface area (Å²) >= 11 is 0. The van der Waals surface area contributed by atoms with Crippen LogP contribution in [0.25, 0.3) is 0 Å². The predicted octanol–water partition coefficient (Wildman–Crippen LogP) is 5.24. The highest BCUT2D eigenvalue weighted by atomic mass is 16.7. The number of ether oxygens (including phenoxy) is 1. The second-order valence-electron chi connectivity index (χ2n) is 8.94. The van der Waals surface area contributed by atoms with E-state index in [1.165, 1.54) is 0 Å². The lowest BCUT2D eigenvalue weighted by Gasteiger charge is -2.38. The molecule has 2 aliphatic heterocycles. The minimum absolute atomic E-state index is 0.146. The lowest BCUT2D eigenvalue weighted by atomic mass is 9.83. The van der Waals surface area contributed by atoms with Gasteiger partial charge in [-0.15, -0.1) is 0 Å². The number of rotatable bonds is 2. The molecule has 2 aromatic rings. The molecule has 2 aromatic carbocycles. The number of amides is 1. The number of cyclic esters (lactones) is 1. The van der Waals surface area contributed by atoms with E-state index in [0.29, 0.717) is 6.42 Å². The van der Waals surface area contributed by atoms with E-state index in [9.17, 15) is 4.79 Å². The number of hydrogen-bond acceptors (Lipinski definition) is 4. The zero-order valence-corrected chi connectivity index (χ0v) is 17.0. The third kappa shape index (κ3) is 2.68. The molecule has 1 saturated heterocycles. The zero-order chi connectivity index (χ0) is 20.2. The standard InChI is InChI=1S/C23H26N2O3/c1-21(2,3)17-13-9-10-14-19(17)25-20(26)27-22(4,5)23(25)15-18(24-28-23)16-11-7-6-8-12-16/h6-14H,15H2,1-5H3. The third-order valence-electron chi connectivity index (χ3n) is 5.60. The van der Waals surface area contributed by atoms with E-state index >= 15 is 0 Å². The van der Waals surface area contributed by atoms with Gasteiger partial charge in [-0.2, -0.15) is 0 Å². The van der Waals surface area contributed by atoms with Gasteiger partial charge in [-0.3, -0.25) is 0 Å². The summed E-state index contributed by atoms with van der Waals surface area (Å²) in [5.41, 5.74) is 1.61. The summed E-state index contributed by atoms with van der Waals surface area (Å²) in [6.07, 6.45) is 0.0417. The summed E-state index contributed by atoms with van der Waals surface area (Å²) in [6.45, 7) is 10.2. The summed E-state index contributed by atoms with van der Waals surface area (Å²) in [5, 5.41) is 4.38. The van der Waals surface area contributed by atoms with Crippen molar-refractivity contribution < 1.29 is 14.4 Å². The Labute approximate surface area is 165 Å². The predicted molar refractivity (Wildman–Crippen MR) is 110 cm³/mol. The average Bonchev–Trinajstić information content (AvgIpc) is 3.16. The van der Waals surface area contributed by atoms with Gasteiger partial charge in [0.25, 0.3) is 5.72 Å². The van der Waals surface area contributed by atoms with E-state index in [1.807, 2.05) is 62.4 Å². The molecule has 146 valence electrons. The number of nitrogens with zero attached hydrogens (tertiary/aromatic N) is 2. The fraction of sp³-hybridized carbons (Fsp3) is 0.391. The SMILES string of the molecule is CC(C)(C)c1ccccc1N1C(=O)OC(C)(C)C12CC(c1ccccc1)=NO2. The minimum atomic E-state index is -1.03. The molecular formula is C23H26N2O3. The summed E-state index contributed by atoms with van der Waals surface area (Å²) in [5.74, 6) is 0. The molecule has 0 saturated carbocycles. The molecule has 0 N–H and O–H groups in total. The topological polar surface area (TPSA) is 51.1 Å². The highest BCUT2D eigenvalue weighted by Crippen LogP contribution is 2.50. The van der Waals surface area contributed by atoms with Gasteiger partial charge in [-0.05, 0) is 36.5 Å². The molecule has 0 aliphatic carbocycles. The largest absolute Gasteiger partial charge is 0.437 e. The molecule has 4 rings (SSSR count). The number of carbonyl (C=O) groups is 1. The first-order chi connectivity index (χ1) is 13.2. The average molecular weight is 378 g/mol. The van der Waals surface area contributed by atoms with Crippen LogP contribution < -0.4 is 4.90 Å². The van der Waals surface area contributed by atoms with Crippen LogP contribution >= 0.6 is 0 Å². The van der Waals surface area contributed by atoms with Gasteiger partial charge in [0, 0.05) is 0 Å². The van der Waals surface area contributed by atoms with Gasteiger partial charge in [-0.1, -0.05) is 74.5 Å². The van der Waals surface area contributed by atoms with Crippen LogP contribution in [0.1, 0.15) is 52.2 Å². The molecule has 1 spiro atoms. The number of oxime groups is 1. The molecule has 28 heavy (non-hydrogen) atoms. The van der Waals surface area contributed by atoms with E-state index in [-0.39, 0.29) is 5.41 Å². The fourth-order valence-electron chi connectivity index (χ4n) is 4.01. The maximum Gasteiger partial charge on any atom is 0.418 e. The molecular weight excluding hydrogens is 352 g/mol. The van der Waals surface area contributed by atoms with Gasteiger partial charge >= 0.3 is 6.09 Å². The van der Waals surface area contributed by atoms with Gasteiger partial charge in [0.15, 0.2) is 5.60 Å². The lowest BCUT2D eigenvalue weighted by Crippen LogP contribution is -2.57. The smallest absolute Gasteiger partial charge is 0.418 e. The van der Waals surface area contributed by atoms with Gasteiger partial charge < -0.3 is 9.57 Å². The van der Waals surface area contributed by atoms with E-state index in [4.69, 9.17) is 9.57 Å². The molecule has 5 heteroatoms. The molecule has 1 amide bonds. The van der Waals surface area contributed by atoms with Crippen molar-refractivity contribution in [1.82, 2.24) is 0 Å². The quantitative estimate of drug-likeness (QED) is 0.718. The van der Waals surface area contributed by atoms with E-state index in [1.54, 1.807) is 4.90 Å². The Bertz CT molecular complexity index is 944. The van der Waals surface area contributed by atoms with Crippen molar-refractivity contribution >= 4 is 17.5 Å². The van der Waals surface area contributed by atoms with E-state index in [0.717, 1.165) is 22.5 Å². The summed E-state index contributed by atoms with van der Waals surface area (Å²) in [7, 11) is 0. The Hall–Kier alpha value is -2.82. The summed E-state index contributed by atoms with van der Waals surface area (Å²) in [6, 6.07) is 17.8. The molecule has 0 radical (unpaired) electrons. The highest BCUT2D eigenvalue weighted by Gasteiger charge is 2.66. The first kappa shape index (κ1) is 18.5. The van der Waals surface area contributed by atoms with Crippen molar-refractivity contribution in [2.24, 2.45) is 5.16 Å². The number of benzene rings is 2. The Morgan fingerprint density at radius 2 is 1.64 bits per heavy atom. The molecule has 1 fully saturated rings. The molecule has 1 unspecified atom stereocenters. The van der Waals surface area contributed by atoms with Crippen molar-refractivity contribution in [2.75, 3.05) is 4.90 Å². The van der Waals surface area contributed by atoms with Crippen molar-refractivity contribution in [3.05, 3.63) is 65.7 Å². The van der Waals surface area contributed by atoms with Crippen LogP contribution in [0.3, 0.4) is 0 Å². The first-order valence-corrected chi connectivity index (χ1v) is 9.59. The van der Waals surface area contributed by atoms with Gasteiger partial charge in [-0.25, -0.2) is 9.69 Å². The molecule has 2 aliphatic rings. The van der Waals surface area contributed by atoms with Gasteiger partial charge in [0.1, 0.15) is 0 Å². The second-order valence-corrected chi connectivity index (χ2v) is 8.94. The van der Waals surface area contributed by atoms with Crippen molar-refractivity contribution in [3.63, 3.8) is 0 Å². The normalized spacial score (nSPS) is 23.5. The van der Waals surface area contributed by atoms with Crippen LogP contribution in [0.15, 0.2) is 59.8 Å². The fourth-order valence-corrected chi connectivity index (χ4v) is 4.01. The number of anilines is 1. The molecule has 2 heterocycles. The van der Waals surface area contributed by atoms with Crippen LogP contribution in [-0.2, 0) is 15.0 Å². The Balaban J connectivity index is 1.82.